The third kappa shape index (κ3) is 5.89. The second kappa shape index (κ2) is 8.88. The minimum atomic E-state index is -0.938. The summed E-state index contributed by atoms with van der Waals surface area (Å²) in [5.74, 6) is 0.0180. The highest BCUT2D eigenvalue weighted by molar-refractivity contribution is 6.30. The number of amides is 1. The van der Waals surface area contributed by atoms with Gasteiger partial charge in [0.05, 0.1) is 18.1 Å². The van der Waals surface area contributed by atoms with E-state index in [0.29, 0.717) is 16.6 Å². The van der Waals surface area contributed by atoms with Gasteiger partial charge in [-0.05, 0) is 31.2 Å². The molecule has 2 aromatic rings. The number of ether oxygens (including phenoxy) is 2. The molecule has 126 valence electrons. The second-order valence-electron chi connectivity index (χ2n) is 4.89. The smallest absolute Gasteiger partial charge is 0.310 e. The van der Waals surface area contributed by atoms with Crippen LogP contribution in [0.15, 0.2) is 48.7 Å². The largest absolute Gasteiger partial charge is 0.493 e. The van der Waals surface area contributed by atoms with E-state index in [9.17, 15) is 9.59 Å². The number of benzene rings is 1. The van der Waals surface area contributed by atoms with E-state index in [1.807, 2.05) is 18.2 Å². The number of hydrogen-bond acceptors (Lipinski definition) is 5. The minimum Gasteiger partial charge on any atom is -0.493 e. The third-order valence-corrected chi connectivity index (χ3v) is 3.20. The molecule has 0 saturated carbocycles. The van der Waals surface area contributed by atoms with Crippen LogP contribution in [-0.4, -0.2) is 29.6 Å². The average Bonchev–Trinajstić information content (AvgIpc) is 2.58. The summed E-state index contributed by atoms with van der Waals surface area (Å²) in [6.45, 7) is 1.66. The van der Waals surface area contributed by atoms with Crippen LogP contribution in [0.25, 0.3) is 0 Å². The Morgan fingerprint density at radius 3 is 2.62 bits per heavy atom. The molecule has 6 nitrogen and oxygen atoms in total. The number of esters is 1. The Labute approximate surface area is 144 Å². The van der Waals surface area contributed by atoms with Gasteiger partial charge >= 0.3 is 5.97 Å². The molecule has 0 aliphatic carbocycles. The number of para-hydroxylation sites is 1. The van der Waals surface area contributed by atoms with Crippen molar-refractivity contribution < 1.29 is 19.1 Å². The summed E-state index contributed by atoms with van der Waals surface area (Å²) in [5.41, 5.74) is 0. The molecule has 1 amide bonds. The molecule has 7 heteroatoms. The lowest BCUT2D eigenvalue weighted by Crippen LogP contribution is -2.30. The fraction of sp³-hybridized carbons (Fsp3) is 0.235. The van der Waals surface area contributed by atoms with Crippen molar-refractivity contribution >= 4 is 29.3 Å². The van der Waals surface area contributed by atoms with Gasteiger partial charge in [-0.15, -0.1) is 0 Å². The number of nitrogens with zero attached hydrogens (tertiary/aromatic N) is 1. The summed E-state index contributed by atoms with van der Waals surface area (Å²) in [4.78, 5) is 27.6. The van der Waals surface area contributed by atoms with E-state index in [1.165, 1.54) is 13.1 Å². The van der Waals surface area contributed by atoms with Crippen LogP contribution in [-0.2, 0) is 14.3 Å². The average molecular weight is 349 g/mol. The van der Waals surface area contributed by atoms with Crippen LogP contribution in [0, 0.1) is 0 Å². The number of carbonyl (C=O) groups is 2. The normalized spacial score (nSPS) is 11.4. The Kier molecular flexibility index (Phi) is 6.57. The molecule has 1 aromatic carbocycles. The first kappa shape index (κ1) is 17.7. The lowest BCUT2D eigenvalue weighted by Gasteiger charge is -2.13. The Morgan fingerprint density at radius 2 is 1.96 bits per heavy atom. The number of nitrogens with one attached hydrogen (secondary N) is 1. The van der Waals surface area contributed by atoms with Gasteiger partial charge in [0, 0.05) is 6.20 Å². The number of pyridine rings is 1. The molecule has 1 aromatic heterocycles. The van der Waals surface area contributed by atoms with Crippen LogP contribution < -0.4 is 10.1 Å². The van der Waals surface area contributed by atoms with E-state index in [4.69, 9.17) is 21.1 Å². The maximum atomic E-state index is 11.9. The van der Waals surface area contributed by atoms with Crippen molar-refractivity contribution in [3.05, 3.63) is 53.7 Å². The maximum absolute atomic E-state index is 11.9. The monoisotopic (exact) mass is 348 g/mol. The van der Waals surface area contributed by atoms with Gasteiger partial charge in [0.15, 0.2) is 6.10 Å². The van der Waals surface area contributed by atoms with Crippen molar-refractivity contribution in [1.82, 2.24) is 4.98 Å². The van der Waals surface area contributed by atoms with Crippen LogP contribution in [0.4, 0.5) is 5.82 Å². The summed E-state index contributed by atoms with van der Waals surface area (Å²) in [6, 6.07) is 12.3. The SMILES string of the molecule is C[C@H](OC(=O)CCOc1ccccc1)C(=O)Nc1ccc(Cl)cn1. The Bertz CT molecular complexity index is 677. The number of carbonyl (C=O) groups excluding carboxylic acids is 2. The second-order valence-corrected chi connectivity index (χ2v) is 5.33. The molecular weight excluding hydrogens is 332 g/mol. The fourth-order valence-corrected chi connectivity index (χ4v) is 1.87. The predicted octanol–water partition coefficient (Wildman–Crippen LogP) is 3.07. The molecule has 0 unspecified atom stereocenters. The molecule has 1 heterocycles. The van der Waals surface area contributed by atoms with Crippen LogP contribution in [0.5, 0.6) is 5.75 Å². The van der Waals surface area contributed by atoms with E-state index >= 15 is 0 Å². The minimum absolute atomic E-state index is 0.0473. The van der Waals surface area contributed by atoms with Crippen LogP contribution in [0.2, 0.25) is 5.02 Å². The van der Waals surface area contributed by atoms with Gasteiger partial charge in [-0.25, -0.2) is 4.98 Å². The zero-order valence-corrected chi connectivity index (χ0v) is 13.8. The molecule has 0 aliphatic rings. The maximum Gasteiger partial charge on any atom is 0.310 e. The zero-order chi connectivity index (χ0) is 17.4. The van der Waals surface area contributed by atoms with E-state index < -0.39 is 18.0 Å². The molecule has 0 saturated heterocycles. The summed E-state index contributed by atoms with van der Waals surface area (Å²) in [7, 11) is 0. The third-order valence-electron chi connectivity index (χ3n) is 2.97. The number of aromatic nitrogens is 1. The van der Waals surface area contributed by atoms with Gasteiger partial charge in [-0.3, -0.25) is 9.59 Å². The van der Waals surface area contributed by atoms with Crippen LogP contribution in [0.1, 0.15) is 13.3 Å². The first-order valence-electron chi connectivity index (χ1n) is 7.34. The van der Waals surface area contributed by atoms with Crippen molar-refractivity contribution in [2.45, 2.75) is 19.4 Å². The number of anilines is 1. The molecule has 0 radical (unpaired) electrons. The number of hydrogen-bond donors (Lipinski definition) is 1. The van der Waals surface area contributed by atoms with Crippen molar-refractivity contribution in [2.24, 2.45) is 0 Å². The van der Waals surface area contributed by atoms with Gasteiger partial charge in [0.25, 0.3) is 5.91 Å². The highest BCUT2D eigenvalue weighted by Crippen LogP contribution is 2.11. The quantitative estimate of drug-likeness (QED) is 0.778. The molecule has 1 N–H and O–H groups in total. The van der Waals surface area contributed by atoms with Crippen molar-refractivity contribution in [3.63, 3.8) is 0 Å². The molecule has 2 rings (SSSR count). The van der Waals surface area contributed by atoms with Gasteiger partial charge in [0.1, 0.15) is 11.6 Å². The van der Waals surface area contributed by atoms with E-state index in [2.05, 4.69) is 10.3 Å². The lowest BCUT2D eigenvalue weighted by molar-refractivity contribution is -0.153. The molecule has 0 aliphatic heterocycles. The van der Waals surface area contributed by atoms with Crippen molar-refractivity contribution in [3.8, 4) is 5.75 Å². The van der Waals surface area contributed by atoms with Gasteiger partial charge in [-0.1, -0.05) is 29.8 Å². The fourth-order valence-electron chi connectivity index (χ4n) is 1.76. The van der Waals surface area contributed by atoms with E-state index in [-0.39, 0.29) is 13.0 Å². The topological polar surface area (TPSA) is 77.5 Å². The van der Waals surface area contributed by atoms with Crippen molar-refractivity contribution in [1.29, 1.82) is 0 Å². The van der Waals surface area contributed by atoms with Crippen LogP contribution >= 0.6 is 11.6 Å². The van der Waals surface area contributed by atoms with Gasteiger partial charge in [0.2, 0.25) is 0 Å². The first-order chi connectivity index (χ1) is 11.5. The van der Waals surface area contributed by atoms with Crippen molar-refractivity contribution in [2.75, 3.05) is 11.9 Å². The number of rotatable bonds is 7. The molecule has 0 fully saturated rings. The molecule has 0 spiro atoms. The Hall–Kier alpha value is -2.60. The predicted molar refractivity (Wildman–Crippen MR) is 90.0 cm³/mol. The molecular formula is C17H17ClN2O4. The lowest BCUT2D eigenvalue weighted by atomic mass is 10.3. The van der Waals surface area contributed by atoms with E-state index in [0.717, 1.165) is 0 Å². The first-order valence-corrected chi connectivity index (χ1v) is 7.72. The van der Waals surface area contributed by atoms with Crippen LogP contribution in [0.3, 0.4) is 0 Å². The van der Waals surface area contributed by atoms with Gasteiger partial charge in [-0.2, -0.15) is 0 Å². The summed E-state index contributed by atoms with van der Waals surface area (Å²) in [6.07, 6.45) is 0.521. The summed E-state index contributed by atoms with van der Waals surface area (Å²) in [5, 5.41) is 3.00. The summed E-state index contributed by atoms with van der Waals surface area (Å²) >= 11 is 5.72. The number of halogens is 1. The van der Waals surface area contributed by atoms with E-state index in [1.54, 1.807) is 24.3 Å². The standard InChI is InChI=1S/C17H17ClN2O4/c1-12(17(22)20-15-8-7-13(18)11-19-15)24-16(21)9-10-23-14-5-3-2-4-6-14/h2-8,11-12H,9-10H2,1H3,(H,19,20,22)/t12-/m0/s1. The Balaban J connectivity index is 1.72. The molecule has 1 atom stereocenters. The molecule has 0 bridgehead atoms. The summed E-state index contributed by atoms with van der Waals surface area (Å²) < 4.78 is 10.5. The van der Waals surface area contributed by atoms with Gasteiger partial charge < -0.3 is 14.8 Å². The highest BCUT2D eigenvalue weighted by Gasteiger charge is 2.18. The highest BCUT2D eigenvalue weighted by atomic mass is 35.5. The molecule has 24 heavy (non-hydrogen) atoms. The Morgan fingerprint density at radius 1 is 1.21 bits per heavy atom. The zero-order valence-electron chi connectivity index (χ0n) is 13.1.